The highest BCUT2D eigenvalue weighted by Crippen LogP contribution is 2.30. The standard InChI is InChI=1S/C13H22N4O.2ClH/c1-10(14)5-6-13(18)17-7-3-2-4-12(17)11-8-15-16-9-11;;/h8-10,12H,2-7,14H2,1H3,(H,15,16);2*1H. The Labute approximate surface area is 132 Å². The molecule has 2 atom stereocenters. The fourth-order valence-corrected chi connectivity index (χ4v) is 2.51. The van der Waals surface area contributed by atoms with Crippen LogP contribution < -0.4 is 5.73 Å². The van der Waals surface area contributed by atoms with Gasteiger partial charge in [0.1, 0.15) is 0 Å². The zero-order valence-corrected chi connectivity index (χ0v) is 13.4. The molecule has 7 heteroatoms. The number of nitrogens with zero attached hydrogens (tertiary/aromatic N) is 2. The first-order valence-electron chi connectivity index (χ1n) is 6.72. The van der Waals surface area contributed by atoms with Gasteiger partial charge < -0.3 is 10.6 Å². The molecule has 0 aromatic carbocycles. The Morgan fingerprint density at radius 3 is 2.90 bits per heavy atom. The number of aromatic nitrogens is 2. The maximum absolute atomic E-state index is 12.2. The molecule has 1 aliphatic heterocycles. The Morgan fingerprint density at radius 2 is 2.30 bits per heavy atom. The number of hydrogen-bond acceptors (Lipinski definition) is 3. The van der Waals surface area contributed by atoms with Gasteiger partial charge in [-0.1, -0.05) is 0 Å². The van der Waals surface area contributed by atoms with Gasteiger partial charge in [0.15, 0.2) is 0 Å². The van der Waals surface area contributed by atoms with Crippen molar-refractivity contribution in [2.45, 2.75) is 51.1 Å². The van der Waals surface area contributed by atoms with E-state index in [-0.39, 0.29) is 42.8 Å². The topological polar surface area (TPSA) is 75.0 Å². The number of nitrogens with two attached hydrogens (primary N) is 1. The SMILES string of the molecule is CC(N)CCC(=O)N1CCCCC1c1cn[nH]c1.Cl.Cl. The van der Waals surface area contributed by atoms with Crippen molar-refractivity contribution >= 4 is 30.7 Å². The first-order chi connectivity index (χ1) is 8.68. The van der Waals surface area contributed by atoms with E-state index < -0.39 is 0 Å². The fourth-order valence-electron chi connectivity index (χ4n) is 2.51. The molecule has 0 aliphatic carbocycles. The van der Waals surface area contributed by atoms with E-state index in [0.717, 1.165) is 31.4 Å². The number of carbonyl (C=O) groups excluding carboxylic acids is 1. The molecule has 0 saturated carbocycles. The van der Waals surface area contributed by atoms with Crippen LogP contribution in [0.2, 0.25) is 0 Å². The van der Waals surface area contributed by atoms with Crippen LogP contribution in [-0.4, -0.2) is 33.6 Å². The Balaban J connectivity index is 0.00000180. The van der Waals surface area contributed by atoms with Gasteiger partial charge in [0, 0.05) is 30.8 Å². The van der Waals surface area contributed by atoms with Gasteiger partial charge in [0.25, 0.3) is 0 Å². The summed E-state index contributed by atoms with van der Waals surface area (Å²) >= 11 is 0. The Kier molecular flexibility index (Phi) is 8.85. The van der Waals surface area contributed by atoms with E-state index >= 15 is 0 Å². The third-order valence-corrected chi connectivity index (χ3v) is 3.54. The Hall–Kier alpha value is -0.780. The van der Waals surface area contributed by atoms with E-state index in [1.807, 2.05) is 24.2 Å². The summed E-state index contributed by atoms with van der Waals surface area (Å²) in [5.41, 5.74) is 6.83. The summed E-state index contributed by atoms with van der Waals surface area (Å²) in [6.07, 6.45) is 8.32. The van der Waals surface area contributed by atoms with E-state index in [2.05, 4.69) is 10.2 Å². The number of halogens is 2. The maximum atomic E-state index is 12.2. The molecule has 5 nitrogen and oxygen atoms in total. The second-order valence-electron chi connectivity index (χ2n) is 5.15. The van der Waals surface area contributed by atoms with Gasteiger partial charge in [0.2, 0.25) is 5.91 Å². The molecule has 1 amide bonds. The van der Waals surface area contributed by atoms with Crippen LogP contribution in [0.15, 0.2) is 12.4 Å². The van der Waals surface area contributed by atoms with Gasteiger partial charge in [-0.25, -0.2) is 0 Å². The van der Waals surface area contributed by atoms with Crippen LogP contribution in [0.3, 0.4) is 0 Å². The molecule has 1 fully saturated rings. The van der Waals surface area contributed by atoms with Crippen molar-refractivity contribution in [2.75, 3.05) is 6.54 Å². The average Bonchev–Trinajstić information content (AvgIpc) is 2.89. The summed E-state index contributed by atoms with van der Waals surface area (Å²) in [6, 6.07) is 0.282. The molecule has 116 valence electrons. The Bertz CT molecular complexity index is 384. The molecule has 3 N–H and O–H groups in total. The minimum Gasteiger partial charge on any atom is -0.336 e. The minimum atomic E-state index is 0. The van der Waals surface area contributed by atoms with E-state index in [4.69, 9.17) is 5.73 Å². The lowest BCUT2D eigenvalue weighted by Gasteiger charge is -2.35. The van der Waals surface area contributed by atoms with Crippen molar-refractivity contribution in [1.82, 2.24) is 15.1 Å². The molecule has 2 rings (SSSR count). The zero-order chi connectivity index (χ0) is 13.0. The van der Waals surface area contributed by atoms with Crippen molar-refractivity contribution in [3.05, 3.63) is 18.0 Å². The predicted octanol–water partition coefficient (Wildman–Crippen LogP) is 2.43. The molecule has 0 spiro atoms. The molecule has 0 bridgehead atoms. The van der Waals surface area contributed by atoms with E-state index in [1.54, 1.807) is 0 Å². The molecule has 0 radical (unpaired) electrons. The van der Waals surface area contributed by atoms with Gasteiger partial charge in [-0.2, -0.15) is 5.10 Å². The van der Waals surface area contributed by atoms with Crippen molar-refractivity contribution < 1.29 is 4.79 Å². The van der Waals surface area contributed by atoms with Crippen molar-refractivity contribution in [3.8, 4) is 0 Å². The van der Waals surface area contributed by atoms with Crippen LogP contribution in [0.25, 0.3) is 0 Å². The van der Waals surface area contributed by atoms with E-state index in [9.17, 15) is 4.79 Å². The lowest BCUT2D eigenvalue weighted by molar-refractivity contribution is -0.135. The number of rotatable bonds is 4. The van der Waals surface area contributed by atoms with Crippen LogP contribution in [0.5, 0.6) is 0 Å². The number of aromatic amines is 1. The monoisotopic (exact) mass is 322 g/mol. The predicted molar refractivity (Wildman–Crippen MR) is 84.3 cm³/mol. The quantitative estimate of drug-likeness (QED) is 0.893. The Morgan fingerprint density at radius 1 is 1.55 bits per heavy atom. The highest BCUT2D eigenvalue weighted by molar-refractivity contribution is 5.85. The second kappa shape index (κ2) is 9.21. The van der Waals surface area contributed by atoms with Gasteiger partial charge in [0.05, 0.1) is 12.2 Å². The normalized spacial score (nSPS) is 19.7. The number of carbonyl (C=O) groups is 1. The van der Waals surface area contributed by atoms with Gasteiger partial charge in [-0.15, -0.1) is 24.8 Å². The number of hydrogen-bond donors (Lipinski definition) is 2. The third kappa shape index (κ3) is 4.96. The largest absolute Gasteiger partial charge is 0.336 e. The first kappa shape index (κ1) is 19.2. The second-order valence-corrected chi connectivity index (χ2v) is 5.15. The van der Waals surface area contributed by atoms with Gasteiger partial charge in [-0.3, -0.25) is 9.89 Å². The smallest absolute Gasteiger partial charge is 0.223 e. The van der Waals surface area contributed by atoms with Crippen LogP contribution in [0, 0.1) is 0 Å². The highest BCUT2D eigenvalue weighted by atomic mass is 35.5. The van der Waals surface area contributed by atoms with Crippen molar-refractivity contribution in [1.29, 1.82) is 0 Å². The number of nitrogens with one attached hydrogen (secondary N) is 1. The molecule has 1 aromatic rings. The van der Waals surface area contributed by atoms with Crippen LogP contribution in [-0.2, 0) is 4.79 Å². The van der Waals surface area contributed by atoms with E-state index in [0.29, 0.717) is 6.42 Å². The molecule has 1 saturated heterocycles. The summed E-state index contributed by atoms with van der Waals surface area (Å²) in [6.45, 7) is 2.80. The summed E-state index contributed by atoms with van der Waals surface area (Å²) < 4.78 is 0. The average molecular weight is 323 g/mol. The number of H-pyrrole nitrogens is 1. The minimum absolute atomic E-state index is 0. The lowest BCUT2D eigenvalue weighted by atomic mass is 9.97. The van der Waals surface area contributed by atoms with Crippen LogP contribution >= 0.6 is 24.8 Å². The zero-order valence-electron chi connectivity index (χ0n) is 11.7. The summed E-state index contributed by atoms with van der Waals surface area (Å²) in [5, 5.41) is 6.81. The fraction of sp³-hybridized carbons (Fsp3) is 0.692. The van der Waals surface area contributed by atoms with Gasteiger partial charge in [-0.05, 0) is 32.6 Å². The van der Waals surface area contributed by atoms with Crippen molar-refractivity contribution in [2.24, 2.45) is 5.73 Å². The molecule has 2 unspecified atom stereocenters. The molecule has 2 heterocycles. The summed E-state index contributed by atoms with van der Waals surface area (Å²) in [5.74, 6) is 0.221. The van der Waals surface area contributed by atoms with E-state index in [1.165, 1.54) is 6.42 Å². The lowest BCUT2D eigenvalue weighted by Crippen LogP contribution is -2.38. The number of amides is 1. The first-order valence-corrected chi connectivity index (χ1v) is 6.72. The maximum Gasteiger partial charge on any atom is 0.223 e. The van der Waals surface area contributed by atoms with Crippen LogP contribution in [0.4, 0.5) is 0 Å². The summed E-state index contributed by atoms with van der Waals surface area (Å²) in [7, 11) is 0. The molecule has 1 aromatic heterocycles. The summed E-state index contributed by atoms with van der Waals surface area (Å²) in [4.78, 5) is 14.2. The number of likely N-dealkylation sites (tertiary alicyclic amines) is 1. The van der Waals surface area contributed by atoms with Crippen LogP contribution in [0.1, 0.15) is 50.6 Å². The third-order valence-electron chi connectivity index (χ3n) is 3.54. The molecular weight excluding hydrogens is 299 g/mol. The molecular formula is C13H24Cl2N4O. The van der Waals surface area contributed by atoms with Gasteiger partial charge >= 0.3 is 0 Å². The number of piperidine rings is 1. The molecule has 1 aliphatic rings. The molecule has 20 heavy (non-hydrogen) atoms. The van der Waals surface area contributed by atoms with Crippen molar-refractivity contribution in [3.63, 3.8) is 0 Å². The highest BCUT2D eigenvalue weighted by Gasteiger charge is 2.28.